The van der Waals surface area contributed by atoms with E-state index in [0.717, 1.165) is 0 Å². The summed E-state index contributed by atoms with van der Waals surface area (Å²) in [6.07, 6.45) is 5.72. The van der Waals surface area contributed by atoms with Crippen molar-refractivity contribution in [3.63, 3.8) is 0 Å². The molecule has 10 nitrogen and oxygen atoms in total. The Morgan fingerprint density at radius 3 is 2.29 bits per heavy atom. The van der Waals surface area contributed by atoms with Gasteiger partial charge < -0.3 is 14.2 Å². The molecular weight excluding hydrogens is 529 g/mol. The predicted molar refractivity (Wildman–Crippen MR) is 149 cm³/mol. The molecule has 11 heteroatoms. The van der Waals surface area contributed by atoms with Gasteiger partial charge in [0, 0.05) is 35.5 Å². The highest BCUT2D eigenvalue weighted by molar-refractivity contribution is 5.97. The van der Waals surface area contributed by atoms with Gasteiger partial charge in [-0.25, -0.2) is 14.4 Å². The number of nitrogens with zero attached hydrogens (tertiary/aromatic N) is 5. The Labute approximate surface area is 234 Å². The highest BCUT2D eigenvalue weighted by Gasteiger charge is 2.20. The van der Waals surface area contributed by atoms with Gasteiger partial charge in [0.1, 0.15) is 23.1 Å². The second-order valence-corrected chi connectivity index (χ2v) is 9.37. The van der Waals surface area contributed by atoms with Crippen molar-refractivity contribution in [3.8, 4) is 34.3 Å². The van der Waals surface area contributed by atoms with Crippen LogP contribution in [0.3, 0.4) is 0 Å². The van der Waals surface area contributed by atoms with Crippen molar-refractivity contribution in [1.29, 1.82) is 0 Å². The third kappa shape index (κ3) is 5.74. The van der Waals surface area contributed by atoms with Crippen molar-refractivity contribution in [2.24, 2.45) is 0 Å². The first-order valence-electron chi connectivity index (χ1n) is 12.7. The van der Waals surface area contributed by atoms with Gasteiger partial charge in [0.25, 0.3) is 0 Å². The number of ketones is 1. The lowest BCUT2D eigenvalue weighted by Gasteiger charge is -2.13. The molecule has 3 heterocycles. The van der Waals surface area contributed by atoms with Gasteiger partial charge in [-0.3, -0.25) is 19.3 Å². The van der Waals surface area contributed by atoms with Gasteiger partial charge in [-0.15, -0.1) is 0 Å². The smallest absolute Gasteiger partial charge is 0.218 e. The molecule has 0 aliphatic heterocycles. The number of carbonyl (C=O) groups excluding carboxylic acids is 1. The van der Waals surface area contributed by atoms with Crippen LogP contribution in [0.2, 0.25) is 0 Å². The van der Waals surface area contributed by atoms with E-state index in [1.807, 2.05) is 13.8 Å². The van der Waals surface area contributed by atoms with E-state index in [-0.39, 0.29) is 29.5 Å². The Bertz CT molecular complexity index is 1790. The molecule has 2 aromatic carbocycles. The largest absolute Gasteiger partial charge is 0.493 e. The molecule has 5 rings (SSSR count). The molecule has 5 aromatic rings. The number of halogens is 1. The Balaban J connectivity index is 1.39. The topological polar surface area (TPSA) is 118 Å². The molecule has 0 bridgehead atoms. The minimum absolute atomic E-state index is 0.0513. The summed E-state index contributed by atoms with van der Waals surface area (Å²) in [4.78, 5) is 39.4. The SMILES string of the molecule is COc1cc2nccc(Oc3cnc(CC(=O)c4cn(C(C)C)nc(-c5ccc(F)cc5)c4=O)nc3)c2cc1OC. The minimum atomic E-state index is -0.546. The number of hydrogen-bond donors (Lipinski definition) is 0. The fourth-order valence-corrected chi connectivity index (χ4v) is 4.16. The minimum Gasteiger partial charge on any atom is -0.493 e. The van der Waals surface area contributed by atoms with Crippen LogP contribution in [0.4, 0.5) is 4.39 Å². The third-order valence-corrected chi connectivity index (χ3v) is 6.32. The molecule has 0 atom stereocenters. The number of aromatic nitrogens is 5. The van der Waals surface area contributed by atoms with Crippen molar-refractivity contribution < 1.29 is 23.4 Å². The van der Waals surface area contributed by atoms with E-state index < -0.39 is 17.0 Å². The van der Waals surface area contributed by atoms with Crippen molar-refractivity contribution in [1.82, 2.24) is 24.7 Å². The van der Waals surface area contributed by atoms with E-state index >= 15 is 0 Å². The Morgan fingerprint density at radius 1 is 0.951 bits per heavy atom. The molecule has 0 spiro atoms. The first kappa shape index (κ1) is 27.4. The number of rotatable bonds is 9. The van der Waals surface area contributed by atoms with Crippen molar-refractivity contribution in [2.75, 3.05) is 14.2 Å². The summed E-state index contributed by atoms with van der Waals surface area (Å²) in [6, 6.07) is 10.5. The monoisotopic (exact) mass is 555 g/mol. The van der Waals surface area contributed by atoms with Gasteiger partial charge in [0.05, 0.1) is 44.1 Å². The number of carbonyl (C=O) groups is 1. The summed E-state index contributed by atoms with van der Waals surface area (Å²) in [6.45, 7) is 3.75. The van der Waals surface area contributed by atoms with Crippen LogP contribution in [0.5, 0.6) is 23.0 Å². The summed E-state index contributed by atoms with van der Waals surface area (Å²) in [5, 5.41) is 5.07. The third-order valence-electron chi connectivity index (χ3n) is 6.32. The van der Waals surface area contributed by atoms with Crippen LogP contribution in [-0.4, -0.2) is 44.7 Å². The van der Waals surface area contributed by atoms with Crippen LogP contribution in [0, 0.1) is 5.82 Å². The fraction of sp³-hybridized carbons (Fsp3) is 0.200. The van der Waals surface area contributed by atoms with E-state index in [1.54, 1.807) is 38.6 Å². The summed E-state index contributed by atoms with van der Waals surface area (Å²) in [5.74, 6) is 1.22. The Kier molecular flexibility index (Phi) is 7.68. The lowest BCUT2D eigenvalue weighted by atomic mass is 10.1. The molecule has 0 radical (unpaired) electrons. The maximum Gasteiger partial charge on any atom is 0.218 e. The highest BCUT2D eigenvalue weighted by atomic mass is 19.1. The van der Waals surface area contributed by atoms with E-state index in [4.69, 9.17) is 14.2 Å². The zero-order valence-electron chi connectivity index (χ0n) is 22.8. The number of Topliss-reactive ketones (excluding diaryl/α,β-unsaturated/α-hetero) is 1. The molecule has 0 fully saturated rings. The van der Waals surface area contributed by atoms with Crippen LogP contribution < -0.4 is 19.6 Å². The van der Waals surface area contributed by atoms with Crippen LogP contribution in [0.1, 0.15) is 36.1 Å². The molecule has 0 aliphatic carbocycles. The molecule has 0 saturated carbocycles. The van der Waals surface area contributed by atoms with E-state index in [1.165, 1.54) is 47.5 Å². The molecule has 0 N–H and O–H groups in total. The van der Waals surface area contributed by atoms with Crippen molar-refractivity contribution >= 4 is 16.7 Å². The van der Waals surface area contributed by atoms with Crippen LogP contribution >= 0.6 is 0 Å². The molecule has 0 amide bonds. The van der Waals surface area contributed by atoms with Gasteiger partial charge in [-0.05, 0) is 50.2 Å². The number of benzene rings is 2. The van der Waals surface area contributed by atoms with Crippen molar-refractivity contribution in [2.45, 2.75) is 26.3 Å². The zero-order chi connectivity index (χ0) is 29.1. The van der Waals surface area contributed by atoms with E-state index in [2.05, 4.69) is 20.1 Å². The van der Waals surface area contributed by atoms with Gasteiger partial charge in [-0.1, -0.05) is 0 Å². The van der Waals surface area contributed by atoms with Crippen molar-refractivity contribution in [3.05, 3.63) is 94.7 Å². The second kappa shape index (κ2) is 11.5. The summed E-state index contributed by atoms with van der Waals surface area (Å²) < 4.78 is 31.7. The van der Waals surface area contributed by atoms with E-state index in [9.17, 15) is 14.0 Å². The molecular formula is C30H26FN5O5. The molecule has 0 unspecified atom stereocenters. The lowest BCUT2D eigenvalue weighted by molar-refractivity contribution is 0.0988. The Morgan fingerprint density at radius 2 is 1.63 bits per heavy atom. The van der Waals surface area contributed by atoms with Crippen LogP contribution in [0.25, 0.3) is 22.2 Å². The number of hydrogen-bond acceptors (Lipinski definition) is 9. The molecule has 0 saturated heterocycles. The number of fused-ring (bicyclic) bond motifs is 1. The number of methoxy groups -OCH3 is 2. The molecule has 208 valence electrons. The quantitative estimate of drug-likeness (QED) is 0.226. The maximum atomic E-state index is 13.4. The normalized spacial score (nSPS) is 11.1. The molecule has 0 aliphatic rings. The van der Waals surface area contributed by atoms with Crippen LogP contribution in [-0.2, 0) is 6.42 Å². The van der Waals surface area contributed by atoms with Gasteiger partial charge in [0.2, 0.25) is 5.43 Å². The first-order valence-corrected chi connectivity index (χ1v) is 12.7. The van der Waals surface area contributed by atoms with Crippen LogP contribution in [0.15, 0.2) is 72.0 Å². The highest BCUT2D eigenvalue weighted by Crippen LogP contribution is 2.36. The zero-order valence-corrected chi connectivity index (χ0v) is 22.8. The lowest BCUT2D eigenvalue weighted by Crippen LogP contribution is -2.25. The maximum absolute atomic E-state index is 13.4. The first-order chi connectivity index (χ1) is 19.8. The molecule has 41 heavy (non-hydrogen) atoms. The summed E-state index contributed by atoms with van der Waals surface area (Å²) >= 11 is 0. The number of ether oxygens (including phenoxy) is 3. The van der Waals surface area contributed by atoms with E-state index in [0.29, 0.717) is 39.5 Å². The number of pyridine rings is 1. The average molecular weight is 556 g/mol. The average Bonchev–Trinajstić information content (AvgIpc) is 2.98. The fourth-order valence-electron chi connectivity index (χ4n) is 4.16. The standard InChI is InChI=1S/C30H26FN5O5/c1-17(2)36-16-22(30(38)29(35-36)18-5-7-19(31)8-6-18)24(37)13-28-33-14-20(15-34-28)41-25-9-10-32-23-12-27(40-4)26(39-3)11-21(23)25/h5-12,14-17H,13H2,1-4H3. The van der Waals surface area contributed by atoms with Gasteiger partial charge >= 0.3 is 0 Å². The molecule has 3 aromatic heterocycles. The van der Waals surface area contributed by atoms with Gasteiger partial charge in [-0.2, -0.15) is 5.10 Å². The Hall–Kier alpha value is -5.19. The second-order valence-electron chi connectivity index (χ2n) is 9.37. The predicted octanol–water partition coefficient (Wildman–Crippen LogP) is 5.20. The van der Waals surface area contributed by atoms with Gasteiger partial charge in [0.15, 0.2) is 23.0 Å². The summed E-state index contributed by atoms with van der Waals surface area (Å²) in [5.41, 5.74) is 0.526. The summed E-state index contributed by atoms with van der Waals surface area (Å²) in [7, 11) is 3.09.